The molecule has 0 aliphatic heterocycles. The predicted octanol–water partition coefficient (Wildman–Crippen LogP) is 3.22. The lowest BCUT2D eigenvalue weighted by Gasteiger charge is -2.39. The smallest absolute Gasteiger partial charge is 0.0775 e. The summed E-state index contributed by atoms with van der Waals surface area (Å²) in [6, 6.07) is 0.505. The lowest BCUT2D eigenvalue weighted by molar-refractivity contribution is -0.0412. The minimum atomic E-state index is 0.216. The highest BCUT2D eigenvalue weighted by Crippen LogP contribution is 2.34. The number of ether oxygens (including phenoxy) is 1. The van der Waals surface area contributed by atoms with Crippen LogP contribution in [-0.4, -0.2) is 25.8 Å². The van der Waals surface area contributed by atoms with Crippen LogP contribution in [0.15, 0.2) is 0 Å². The molecule has 0 saturated heterocycles. The molecule has 16 heavy (non-hydrogen) atoms. The van der Waals surface area contributed by atoms with E-state index in [1.165, 1.54) is 25.7 Å². The predicted molar refractivity (Wildman–Crippen MR) is 69.7 cm³/mol. The van der Waals surface area contributed by atoms with E-state index in [-0.39, 0.29) is 5.41 Å². The lowest BCUT2D eigenvalue weighted by atomic mass is 9.76. The first-order valence-electron chi connectivity index (χ1n) is 6.78. The Bertz CT molecular complexity index is 193. The van der Waals surface area contributed by atoms with E-state index in [0.29, 0.717) is 12.1 Å². The van der Waals surface area contributed by atoms with Gasteiger partial charge in [0.2, 0.25) is 0 Å². The standard InChI is InChI=1S/C14H29NO/c1-6-16-13(14(2,3)4)12(15-5)10-11-8-7-9-11/h11-13,15H,6-10H2,1-5H3. The van der Waals surface area contributed by atoms with Crippen LogP contribution in [0, 0.1) is 11.3 Å². The van der Waals surface area contributed by atoms with Gasteiger partial charge in [-0.15, -0.1) is 0 Å². The number of nitrogens with one attached hydrogen (secondary N) is 1. The van der Waals surface area contributed by atoms with Gasteiger partial charge in [-0.2, -0.15) is 0 Å². The zero-order chi connectivity index (χ0) is 12.2. The van der Waals surface area contributed by atoms with E-state index in [9.17, 15) is 0 Å². The van der Waals surface area contributed by atoms with Gasteiger partial charge in [0.1, 0.15) is 0 Å². The molecule has 1 aliphatic carbocycles. The van der Waals surface area contributed by atoms with Crippen LogP contribution in [-0.2, 0) is 4.74 Å². The van der Waals surface area contributed by atoms with Gasteiger partial charge in [0, 0.05) is 12.6 Å². The summed E-state index contributed by atoms with van der Waals surface area (Å²) in [4.78, 5) is 0. The van der Waals surface area contributed by atoms with Crippen LogP contribution in [0.3, 0.4) is 0 Å². The molecular weight excluding hydrogens is 198 g/mol. The van der Waals surface area contributed by atoms with E-state index in [0.717, 1.165) is 12.5 Å². The van der Waals surface area contributed by atoms with Gasteiger partial charge in [-0.25, -0.2) is 0 Å². The van der Waals surface area contributed by atoms with E-state index in [2.05, 4.69) is 40.1 Å². The van der Waals surface area contributed by atoms with Crippen molar-refractivity contribution in [2.45, 2.75) is 65.5 Å². The Kier molecular flexibility index (Phi) is 5.26. The summed E-state index contributed by atoms with van der Waals surface area (Å²) in [6.07, 6.45) is 5.86. The molecule has 0 bridgehead atoms. The van der Waals surface area contributed by atoms with E-state index < -0.39 is 0 Å². The van der Waals surface area contributed by atoms with Crippen LogP contribution < -0.4 is 5.32 Å². The van der Waals surface area contributed by atoms with Crippen molar-refractivity contribution in [2.75, 3.05) is 13.7 Å². The summed E-state index contributed by atoms with van der Waals surface area (Å²) in [5.41, 5.74) is 0.216. The SMILES string of the molecule is CCOC(C(CC1CCC1)NC)C(C)(C)C. The molecule has 1 N–H and O–H groups in total. The Morgan fingerprint density at radius 2 is 1.94 bits per heavy atom. The maximum Gasteiger partial charge on any atom is 0.0775 e. The number of hydrogen-bond donors (Lipinski definition) is 1. The third kappa shape index (κ3) is 3.74. The van der Waals surface area contributed by atoms with Crippen LogP contribution in [0.25, 0.3) is 0 Å². The largest absolute Gasteiger partial charge is 0.376 e. The molecule has 96 valence electrons. The Morgan fingerprint density at radius 3 is 2.25 bits per heavy atom. The molecule has 1 rings (SSSR count). The van der Waals surface area contributed by atoms with Gasteiger partial charge in [-0.3, -0.25) is 0 Å². The lowest BCUT2D eigenvalue weighted by Crippen LogP contribution is -2.48. The highest BCUT2D eigenvalue weighted by atomic mass is 16.5. The minimum Gasteiger partial charge on any atom is -0.376 e. The Hall–Kier alpha value is -0.0800. The van der Waals surface area contributed by atoms with Crippen LogP contribution in [0.4, 0.5) is 0 Å². The van der Waals surface area contributed by atoms with Gasteiger partial charge in [0.25, 0.3) is 0 Å². The molecule has 0 spiro atoms. The highest BCUT2D eigenvalue weighted by Gasteiger charge is 2.34. The molecule has 0 amide bonds. The third-order valence-corrected chi connectivity index (χ3v) is 3.75. The first-order chi connectivity index (χ1) is 7.49. The van der Waals surface area contributed by atoms with Crippen molar-refractivity contribution in [3.8, 4) is 0 Å². The number of hydrogen-bond acceptors (Lipinski definition) is 2. The van der Waals surface area contributed by atoms with Crippen molar-refractivity contribution >= 4 is 0 Å². The molecule has 1 saturated carbocycles. The minimum absolute atomic E-state index is 0.216. The van der Waals surface area contributed by atoms with Gasteiger partial charge < -0.3 is 10.1 Å². The van der Waals surface area contributed by atoms with Gasteiger partial charge in [-0.1, -0.05) is 40.0 Å². The molecule has 2 unspecified atom stereocenters. The first kappa shape index (κ1) is 14.0. The topological polar surface area (TPSA) is 21.3 Å². The normalized spacial score (nSPS) is 21.6. The monoisotopic (exact) mass is 227 g/mol. The van der Waals surface area contributed by atoms with Gasteiger partial charge in [0.05, 0.1) is 6.10 Å². The van der Waals surface area contributed by atoms with E-state index >= 15 is 0 Å². The number of rotatable bonds is 6. The van der Waals surface area contributed by atoms with E-state index in [1.807, 2.05) is 0 Å². The summed E-state index contributed by atoms with van der Waals surface area (Å²) >= 11 is 0. The zero-order valence-electron chi connectivity index (χ0n) is 11.7. The van der Waals surface area contributed by atoms with E-state index in [4.69, 9.17) is 4.74 Å². The van der Waals surface area contributed by atoms with Crippen molar-refractivity contribution in [3.63, 3.8) is 0 Å². The molecule has 2 nitrogen and oxygen atoms in total. The second-order valence-electron chi connectivity index (χ2n) is 6.17. The molecule has 0 aromatic carbocycles. The maximum atomic E-state index is 5.97. The first-order valence-corrected chi connectivity index (χ1v) is 6.78. The second kappa shape index (κ2) is 6.02. The second-order valence-corrected chi connectivity index (χ2v) is 6.17. The quantitative estimate of drug-likeness (QED) is 0.752. The van der Waals surface area contributed by atoms with Gasteiger partial charge >= 0.3 is 0 Å². The Labute approximate surface area is 101 Å². The number of likely N-dealkylation sites (N-methyl/N-ethyl adjacent to an activating group) is 1. The van der Waals surface area contributed by atoms with Crippen molar-refractivity contribution in [1.82, 2.24) is 5.32 Å². The van der Waals surface area contributed by atoms with Crippen LogP contribution >= 0.6 is 0 Å². The van der Waals surface area contributed by atoms with Crippen molar-refractivity contribution in [1.29, 1.82) is 0 Å². The molecular formula is C14H29NO. The van der Waals surface area contributed by atoms with Gasteiger partial charge in [0.15, 0.2) is 0 Å². The summed E-state index contributed by atoms with van der Waals surface area (Å²) in [5.74, 6) is 0.933. The molecule has 0 radical (unpaired) electrons. The average Bonchev–Trinajstić information content (AvgIpc) is 2.12. The maximum absolute atomic E-state index is 5.97. The Balaban J connectivity index is 2.56. The Morgan fingerprint density at radius 1 is 1.31 bits per heavy atom. The molecule has 2 atom stereocenters. The van der Waals surface area contributed by atoms with E-state index in [1.54, 1.807) is 0 Å². The summed E-state index contributed by atoms with van der Waals surface area (Å²) in [5, 5.41) is 3.47. The molecule has 0 heterocycles. The highest BCUT2D eigenvalue weighted by molar-refractivity contribution is 4.88. The summed E-state index contributed by atoms with van der Waals surface area (Å²) in [6.45, 7) is 9.73. The molecule has 0 aromatic heterocycles. The summed E-state index contributed by atoms with van der Waals surface area (Å²) < 4.78 is 5.97. The fourth-order valence-electron chi connectivity index (χ4n) is 2.63. The van der Waals surface area contributed by atoms with Crippen LogP contribution in [0.2, 0.25) is 0 Å². The molecule has 2 heteroatoms. The van der Waals surface area contributed by atoms with Crippen molar-refractivity contribution in [2.24, 2.45) is 11.3 Å². The fraction of sp³-hybridized carbons (Fsp3) is 1.00. The zero-order valence-corrected chi connectivity index (χ0v) is 11.7. The van der Waals surface area contributed by atoms with Crippen molar-refractivity contribution < 1.29 is 4.74 Å². The fourth-order valence-corrected chi connectivity index (χ4v) is 2.63. The molecule has 1 fully saturated rings. The van der Waals surface area contributed by atoms with Gasteiger partial charge in [-0.05, 0) is 31.7 Å². The summed E-state index contributed by atoms with van der Waals surface area (Å²) in [7, 11) is 2.07. The van der Waals surface area contributed by atoms with Crippen LogP contribution in [0.5, 0.6) is 0 Å². The third-order valence-electron chi connectivity index (χ3n) is 3.75. The average molecular weight is 227 g/mol. The van der Waals surface area contributed by atoms with Crippen LogP contribution in [0.1, 0.15) is 53.4 Å². The molecule has 1 aliphatic rings. The molecule has 0 aromatic rings. The van der Waals surface area contributed by atoms with Crippen molar-refractivity contribution in [3.05, 3.63) is 0 Å².